The molecule has 1 N–H and O–H groups in total. The van der Waals surface area contributed by atoms with Gasteiger partial charge in [0.15, 0.2) is 0 Å². The molecule has 0 heterocycles. The highest BCUT2D eigenvalue weighted by molar-refractivity contribution is 6.30. The van der Waals surface area contributed by atoms with Crippen molar-refractivity contribution in [2.24, 2.45) is 17.8 Å². The van der Waals surface area contributed by atoms with Crippen LogP contribution in [0.1, 0.15) is 36.5 Å². The number of halogens is 2. The molecule has 2 aliphatic carbocycles. The van der Waals surface area contributed by atoms with Crippen molar-refractivity contribution in [3.8, 4) is 5.75 Å². The van der Waals surface area contributed by atoms with Crippen LogP contribution in [-0.4, -0.2) is 18.1 Å². The summed E-state index contributed by atoms with van der Waals surface area (Å²) in [5.41, 5.74) is 0.640. The first-order valence-electron chi connectivity index (χ1n) is 9.54. The fourth-order valence-corrected chi connectivity index (χ4v) is 4.69. The van der Waals surface area contributed by atoms with Crippen LogP contribution < -0.4 is 10.1 Å². The summed E-state index contributed by atoms with van der Waals surface area (Å²) in [6.07, 6.45) is 3.10. The monoisotopic (exact) mass is 387 g/mol. The summed E-state index contributed by atoms with van der Waals surface area (Å²) >= 11 is 5.89. The van der Waals surface area contributed by atoms with E-state index in [1.807, 2.05) is 0 Å². The van der Waals surface area contributed by atoms with E-state index in [-0.39, 0.29) is 23.9 Å². The van der Waals surface area contributed by atoms with E-state index >= 15 is 0 Å². The summed E-state index contributed by atoms with van der Waals surface area (Å²) in [4.78, 5) is 12.5. The minimum absolute atomic E-state index is 0.0393. The molecule has 0 saturated heterocycles. The average Bonchev–Trinajstić information content (AvgIpc) is 3.16. The molecule has 27 heavy (non-hydrogen) atoms. The van der Waals surface area contributed by atoms with Crippen LogP contribution in [0.15, 0.2) is 48.5 Å². The molecule has 2 fully saturated rings. The van der Waals surface area contributed by atoms with Gasteiger partial charge in [-0.3, -0.25) is 4.79 Å². The quantitative estimate of drug-likeness (QED) is 0.749. The number of nitrogens with one attached hydrogen (secondary N) is 1. The molecular weight excluding hydrogens is 365 g/mol. The summed E-state index contributed by atoms with van der Waals surface area (Å²) in [5.74, 6) is 2.17. The molecule has 0 radical (unpaired) electrons. The first kappa shape index (κ1) is 18.3. The Morgan fingerprint density at radius 3 is 2.37 bits per heavy atom. The van der Waals surface area contributed by atoms with Gasteiger partial charge in [-0.15, -0.1) is 0 Å². The van der Waals surface area contributed by atoms with Gasteiger partial charge in [0.25, 0.3) is 5.91 Å². The highest BCUT2D eigenvalue weighted by Crippen LogP contribution is 2.60. The van der Waals surface area contributed by atoms with E-state index in [2.05, 4.69) is 12.2 Å². The molecule has 2 aromatic rings. The summed E-state index contributed by atoms with van der Waals surface area (Å²) in [7, 11) is 0. The number of carbonyl (C=O) groups is 1. The van der Waals surface area contributed by atoms with E-state index in [0.717, 1.165) is 25.0 Å². The van der Waals surface area contributed by atoms with Gasteiger partial charge >= 0.3 is 0 Å². The smallest absolute Gasteiger partial charge is 0.251 e. The molecule has 0 aromatic heterocycles. The zero-order valence-electron chi connectivity index (χ0n) is 15.2. The van der Waals surface area contributed by atoms with Gasteiger partial charge in [-0.1, -0.05) is 18.5 Å². The number of hydrogen-bond donors (Lipinski definition) is 1. The van der Waals surface area contributed by atoms with Crippen molar-refractivity contribution < 1.29 is 13.9 Å². The maximum absolute atomic E-state index is 13.0. The molecule has 0 aliphatic heterocycles. The minimum Gasteiger partial charge on any atom is -0.490 e. The second-order valence-electron chi connectivity index (χ2n) is 7.57. The van der Waals surface area contributed by atoms with E-state index in [4.69, 9.17) is 16.3 Å². The largest absolute Gasteiger partial charge is 0.490 e. The number of ether oxygens (including phenoxy) is 1. The van der Waals surface area contributed by atoms with Crippen LogP contribution in [0.3, 0.4) is 0 Å². The highest BCUT2D eigenvalue weighted by Gasteiger charge is 2.59. The minimum atomic E-state index is -0.251. The Morgan fingerprint density at radius 1 is 1.15 bits per heavy atom. The molecule has 1 amide bonds. The van der Waals surface area contributed by atoms with E-state index in [1.54, 1.807) is 36.4 Å². The standard InChI is InChI=1S/C22H23ClFNO2/c1-2-20(25-22(26)13-3-5-14(23)6-4-13)21-18-11-17(12-19(18)21)27-16-9-7-15(24)8-10-16/h3-10,17-21H,2,11-12H2,1H3,(H,25,26)/t17?,18-,19-,20-,21?/m0/s1. The highest BCUT2D eigenvalue weighted by atomic mass is 35.5. The van der Waals surface area contributed by atoms with Crippen LogP contribution in [0.4, 0.5) is 4.39 Å². The van der Waals surface area contributed by atoms with E-state index in [1.165, 1.54) is 12.1 Å². The normalized spacial score (nSPS) is 24.9. The molecule has 4 rings (SSSR count). The third kappa shape index (κ3) is 3.96. The molecular formula is C22H23ClFNO2. The van der Waals surface area contributed by atoms with Crippen molar-refractivity contribution in [2.45, 2.75) is 38.3 Å². The lowest BCUT2D eigenvalue weighted by Crippen LogP contribution is -2.37. The van der Waals surface area contributed by atoms with Crippen molar-refractivity contribution in [3.05, 3.63) is 64.9 Å². The third-order valence-electron chi connectivity index (χ3n) is 5.91. The van der Waals surface area contributed by atoms with Gasteiger partial charge in [-0.2, -0.15) is 0 Å². The Kier molecular flexibility index (Phi) is 5.09. The second-order valence-corrected chi connectivity index (χ2v) is 8.00. The van der Waals surface area contributed by atoms with Crippen molar-refractivity contribution in [2.75, 3.05) is 0 Å². The predicted octanol–water partition coefficient (Wildman–Crippen LogP) is 5.09. The molecule has 2 aromatic carbocycles. The molecule has 0 bridgehead atoms. The van der Waals surface area contributed by atoms with Gasteiger partial charge in [0.2, 0.25) is 0 Å². The van der Waals surface area contributed by atoms with Crippen LogP contribution in [0.25, 0.3) is 0 Å². The van der Waals surface area contributed by atoms with Gasteiger partial charge in [-0.05, 0) is 85.5 Å². The lowest BCUT2D eigenvalue weighted by Gasteiger charge is -2.22. The number of amides is 1. The number of carbonyl (C=O) groups excluding carboxylic acids is 1. The molecule has 142 valence electrons. The van der Waals surface area contributed by atoms with Crippen LogP contribution in [-0.2, 0) is 0 Å². The number of hydrogen-bond acceptors (Lipinski definition) is 2. The molecule has 2 aliphatic rings. The van der Waals surface area contributed by atoms with Gasteiger partial charge in [-0.25, -0.2) is 4.39 Å². The molecule has 0 spiro atoms. The van der Waals surface area contributed by atoms with Gasteiger partial charge in [0.1, 0.15) is 11.6 Å². The van der Waals surface area contributed by atoms with E-state index in [9.17, 15) is 9.18 Å². The molecule has 3 nitrogen and oxygen atoms in total. The lowest BCUT2D eigenvalue weighted by atomic mass is 10.00. The van der Waals surface area contributed by atoms with E-state index in [0.29, 0.717) is 28.3 Å². The second kappa shape index (κ2) is 7.51. The zero-order chi connectivity index (χ0) is 19.0. The Morgan fingerprint density at radius 2 is 1.78 bits per heavy atom. The summed E-state index contributed by atoms with van der Waals surface area (Å²) in [5, 5.41) is 3.83. The maximum atomic E-state index is 13.0. The molecule has 5 heteroatoms. The van der Waals surface area contributed by atoms with Crippen LogP contribution in [0, 0.1) is 23.6 Å². The third-order valence-corrected chi connectivity index (χ3v) is 6.16. The molecule has 2 saturated carbocycles. The molecule has 0 unspecified atom stereocenters. The van der Waals surface area contributed by atoms with E-state index < -0.39 is 0 Å². The van der Waals surface area contributed by atoms with Crippen molar-refractivity contribution in [1.29, 1.82) is 0 Å². The number of fused-ring (bicyclic) bond motifs is 1. The maximum Gasteiger partial charge on any atom is 0.251 e. The summed E-state index contributed by atoms with van der Waals surface area (Å²) in [6.45, 7) is 2.12. The molecule has 3 atom stereocenters. The van der Waals surface area contributed by atoms with Crippen LogP contribution >= 0.6 is 11.6 Å². The van der Waals surface area contributed by atoms with Crippen molar-refractivity contribution in [1.82, 2.24) is 5.32 Å². The Balaban J connectivity index is 1.31. The van der Waals surface area contributed by atoms with Crippen LogP contribution in [0.2, 0.25) is 5.02 Å². The fourth-order valence-electron chi connectivity index (χ4n) is 4.56. The zero-order valence-corrected chi connectivity index (χ0v) is 16.0. The van der Waals surface area contributed by atoms with Gasteiger partial charge < -0.3 is 10.1 Å². The number of benzene rings is 2. The van der Waals surface area contributed by atoms with Gasteiger partial charge in [0.05, 0.1) is 6.10 Å². The fraction of sp³-hybridized carbons (Fsp3) is 0.409. The van der Waals surface area contributed by atoms with Crippen LogP contribution in [0.5, 0.6) is 5.75 Å². The lowest BCUT2D eigenvalue weighted by molar-refractivity contribution is 0.0924. The average molecular weight is 388 g/mol. The first-order chi connectivity index (χ1) is 13.0. The first-order valence-corrected chi connectivity index (χ1v) is 9.91. The van der Waals surface area contributed by atoms with Gasteiger partial charge in [0, 0.05) is 16.6 Å². The SMILES string of the molecule is CC[C@H](NC(=O)c1ccc(Cl)cc1)C1[C@H]2CC(Oc3ccc(F)cc3)C[C@H]12. The summed E-state index contributed by atoms with van der Waals surface area (Å²) < 4.78 is 19.0. The van der Waals surface area contributed by atoms with Crippen molar-refractivity contribution >= 4 is 17.5 Å². The Bertz CT molecular complexity index is 796. The topological polar surface area (TPSA) is 38.3 Å². The Hall–Kier alpha value is -2.07. The Labute approximate surface area is 163 Å². The predicted molar refractivity (Wildman–Crippen MR) is 104 cm³/mol. The number of rotatable bonds is 6. The summed E-state index contributed by atoms with van der Waals surface area (Å²) in [6, 6.07) is 13.4. The van der Waals surface area contributed by atoms with Crippen molar-refractivity contribution in [3.63, 3.8) is 0 Å².